The number of anilines is 1. The molecule has 0 fully saturated rings. The summed E-state index contributed by atoms with van der Waals surface area (Å²) in [5.74, 6) is -0.268. The van der Waals surface area contributed by atoms with Gasteiger partial charge in [-0.2, -0.15) is 5.26 Å². The summed E-state index contributed by atoms with van der Waals surface area (Å²) in [7, 11) is 0. The maximum Gasteiger partial charge on any atom is 0.245 e. The SMILES string of the molecule is CCc1ccc(NC(=O)C(C#N)(Cc2ccc(C)cc2)Cc2ccc(C)cc2)cc1. The molecule has 3 heteroatoms. The summed E-state index contributed by atoms with van der Waals surface area (Å²) in [6, 6.07) is 26.3. The van der Waals surface area contributed by atoms with Gasteiger partial charge in [-0.25, -0.2) is 0 Å². The van der Waals surface area contributed by atoms with Gasteiger partial charge in [0.05, 0.1) is 6.07 Å². The van der Waals surface area contributed by atoms with E-state index >= 15 is 0 Å². The Balaban J connectivity index is 1.92. The summed E-state index contributed by atoms with van der Waals surface area (Å²) >= 11 is 0. The number of nitriles is 1. The lowest BCUT2D eigenvalue weighted by Crippen LogP contribution is -2.39. The fourth-order valence-electron chi connectivity index (χ4n) is 3.54. The minimum Gasteiger partial charge on any atom is -0.325 e. The molecule has 3 nitrogen and oxygen atoms in total. The summed E-state index contributed by atoms with van der Waals surface area (Å²) in [5, 5.41) is 13.2. The van der Waals surface area contributed by atoms with Crippen LogP contribution in [0.25, 0.3) is 0 Å². The zero-order valence-corrected chi connectivity index (χ0v) is 17.9. The number of aryl methyl sites for hydroxylation is 3. The molecule has 30 heavy (non-hydrogen) atoms. The Kier molecular flexibility index (Phi) is 6.69. The van der Waals surface area contributed by atoms with Gasteiger partial charge in [-0.05, 0) is 49.1 Å². The van der Waals surface area contributed by atoms with Crippen LogP contribution in [0.5, 0.6) is 0 Å². The van der Waals surface area contributed by atoms with E-state index in [9.17, 15) is 10.1 Å². The number of carbonyl (C=O) groups is 1. The van der Waals surface area contributed by atoms with Crippen molar-refractivity contribution in [3.63, 3.8) is 0 Å². The number of hydrogen-bond acceptors (Lipinski definition) is 2. The van der Waals surface area contributed by atoms with Crippen molar-refractivity contribution in [3.8, 4) is 6.07 Å². The molecule has 0 radical (unpaired) electrons. The van der Waals surface area contributed by atoms with Gasteiger partial charge >= 0.3 is 0 Å². The number of rotatable bonds is 7. The Hall–Kier alpha value is -3.38. The van der Waals surface area contributed by atoms with Crippen LogP contribution in [0.3, 0.4) is 0 Å². The molecule has 0 saturated carbocycles. The van der Waals surface area contributed by atoms with Gasteiger partial charge in [0.15, 0.2) is 0 Å². The molecule has 0 aliphatic heterocycles. The molecule has 0 atom stereocenters. The maximum atomic E-state index is 13.4. The Morgan fingerprint density at radius 3 is 1.63 bits per heavy atom. The number of nitrogens with one attached hydrogen (secondary N) is 1. The zero-order valence-electron chi connectivity index (χ0n) is 17.9. The molecular weight excluding hydrogens is 368 g/mol. The van der Waals surface area contributed by atoms with Gasteiger partial charge in [0.2, 0.25) is 5.91 Å². The Bertz CT molecular complexity index is 979. The van der Waals surface area contributed by atoms with Crippen molar-refractivity contribution in [1.29, 1.82) is 5.26 Å². The second-order valence-electron chi connectivity index (χ2n) is 8.02. The first-order valence-electron chi connectivity index (χ1n) is 10.4. The third kappa shape index (κ3) is 5.15. The van der Waals surface area contributed by atoms with E-state index in [4.69, 9.17) is 0 Å². The minimum absolute atomic E-state index is 0.268. The number of amides is 1. The van der Waals surface area contributed by atoms with Gasteiger partial charge in [-0.15, -0.1) is 0 Å². The maximum absolute atomic E-state index is 13.4. The average molecular weight is 397 g/mol. The van der Waals surface area contributed by atoms with E-state index in [-0.39, 0.29) is 5.91 Å². The molecule has 0 heterocycles. The lowest BCUT2D eigenvalue weighted by atomic mass is 9.76. The fraction of sp³-hybridized carbons (Fsp3) is 0.259. The molecule has 152 valence electrons. The molecule has 3 aromatic carbocycles. The van der Waals surface area contributed by atoms with E-state index in [0.29, 0.717) is 18.5 Å². The largest absolute Gasteiger partial charge is 0.325 e. The molecule has 0 saturated heterocycles. The number of benzene rings is 3. The quantitative estimate of drug-likeness (QED) is 0.549. The van der Waals surface area contributed by atoms with Gasteiger partial charge in [0, 0.05) is 18.5 Å². The smallest absolute Gasteiger partial charge is 0.245 e. The normalized spacial score (nSPS) is 11.0. The standard InChI is InChI=1S/C27H28N2O/c1-4-22-13-15-25(16-14-22)29-26(30)27(19-28,17-23-9-5-20(2)6-10-23)18-24-11-7-21(3)8-12-24/h5-16H,4,17-18H2,1-3H3,(H,29,30). The van der Waals surface area contributed by atoms with Gasteiger partial charge < -0.3 is 5.32 Å². The summed E-state index contributed by atoms with van der Waals surface area (Å²) in [5.41, 5.74) is 4.98. The molecule has 1 N–H and O–H groups in total. The van der Waals surface area contributed by atoms with Crippen LogP contribution in [0.2, 0.25) is 0 Å². The number of nitrogens with zero attached hydrogens (tertiary/aromatic N) is 1. The summed E-state index contributed by atoms with van der Waals surface area (Å²) in [6.45, 7) is 6.15. The molecule has 0 bridgehead atoms. The highest BCUT2D eigenvalue weighted by Crippen LogP contribution is 2.30. The van der Waals surface area contributed by atoms with Gasteiger partial charge in [0.1, 0.15) is 5.41 Å². The topological polar surface area (TPSA) is 52.9 Å². The molecule has 0 aliphatic carbocycles. The van der Waals surface area contributed by atoms with Crippen molar-refractivity contribution in [2.45, 2.75) is 40.0 Å². The van der Waals surface area contributed by atoms with Crippen molar-refractivity contribution in [2.24, 2.45) is 5.41 Å². The van der Waals surface area contributed by atoms with Crippen LogP contribution in [-0.2, 0) is 24.1 Å². The van der Waals surface area contributed by atoms with Crippen LogP contribution in [0, 0.1) is 30.6 Å². The van der Waals surface area contributed by atoms with Crippen LogP contribution >= 0.6 is 0 Å². The van der Waals surface area contributed by atoms with Crippen molar-refractivity contribution < 1.29 is 4.79 Å². The molecule has 3 aromatic rings. The Morgan fingerprint density at radius 1 is 0.800 bits per heavy atom. The highest BCUT2D eigenvalue weighted by molar-refractivity contribution is 5.97. The molecule has 0 aromatic heterocycles. The predicted octanol–water partition coefficient (Wildman–Crippen LogP) is 5.80. The first kappa shape index (κ1) is 21.3. The Labute approximate surface area is 179 Å². The summed E-state index contributed by atoms with van der Waals surface area (Å²) < 4.78 is 0. The zero-order chi connectivity index (χ0) is 21.6. The molecule has 0 spiro atoms. The van der Waals surface area contributed by atoms with Crippen LogP contribution in [0.4, 0.5) is 5.69 Å². The highest BCUT2D eigenvalue weighted by Gasteiger charge is 2.39. The first-order chi connectivity index (χ1) is 14.4. The molecule has 0 aliphatic rings. The molecule has 1 amide bonds. The second-order valence-corrected chi connectivity index (χ2v) is 8.02. The van der Waals surface area contributed by atoms with E-state index in [1.54, 1.807) is 0 Å². The number of carbonyl (C=O) groups excluding carboxylic acids is 1. The third-order valence-electron chi connectivity index (χ3n) is 5.52. The van der Waals surface area contributed by atoms with Crippen LogP contribution in [-0.4, -0.2) is 5.91 Å². The minimum atomic E-state index is -1.20. The lowest BCUT2D eigenvalue weighted by molar-refractivity contribution is -0.122. The van der Waals surface area contributed by atoms with E-state index in [0.717, 1.165) is 28.7 Å². The van der Waals surface area contributed by atoms with E-state index in [1.165, 1.54) is 5.56 Å². The second kappa shape index (κ2) is 9.41. The monoisotopic (exact) mass is 396 g/mol. The van der Waals surface area contributed by atoms with E-state index in [2.05, 4.69) is 18.3 Å². The van der Waals surface area contributed by atoms with Gasteiger partial charge in [-0.1, -0.05) is 78.7 Å². The average Bonchev–Trinajstić information content (AvgIpc) is 2.77. The third-order valence-corrected chi connectivity index (χ3v) is 5.52. The summed E-state index contributed by atoms with van der Waals surface area (Å²) in [6.07, 6.45) is 1.66. The lowest BCUT2D eigenvalue weighted by Gasteiger charge is -2.26. The molecular formula is C27H28N2O. The highest BCUT2D eigenvalue weighted by atomic mass is 16.2. The van der Waals surface area contributed by atoms with Crippen molar-refractivity contribution in [1.82, 2.24) is 0 Å². The van der Waals surface area contributed by atoms with Crippen LogP contribution in [0.1, 0.15) is 34.7 Å². The van der Waals surface area contributed by atoms with E-state index < -0.39 is 5.41 Å². The molecule has 0 unspecified atom stereocenters. The van der Waals surface area contributed by atoms with Crippen LogP contribution < -0.4 is 5.32 Å². The molecule has 3 rings (SSSR count). The van der Waals surface area contributed by atoms with Gasteiger partial charge in [-0.3, -0.25) is 4.79 Å². The van der Waals surface area contributed by atoms with Crippen molar-refractivity contribution in [3.05, 3.63) is 101 Å². The number of hydrogen-bond donors (Lipinski definition) is 1. The predicted molar refractivity (Wildman–Crippen MR) is 122 cm³/mol. The van der Waals surface area contributed by atoms with Gasteiger partial charge in [0.25, 0.3) is 0 Å². The van der Waals surface area contributed by atoms with E-state index in [1.807, 2.05) is 86.6 Å². The first-order valence-corrected chi connectivity index (χ1v) is 10.4. The Morgan fingerprint density at radius 2 is 1.23 bits per heavy atom. The van der Waals surface area contributed by atoms with Crippen molar-refractivity contribution >= 4 is 11.6 Å². The van der Waals surface area contributed by atoms with Crippen LogP contribution in [0.15, 0.2) is 72.8 Å². The summed E-state index contributed by atoms with van der Waals surface area (Å²) in [4.78, 5) is 13.4. The van der Waals surface area contributed by atoms with Crippen molar-refractivity contribution in [2.75, 3.05) is 5.32 Å². The fourth-order valence-corrected chi connectivity index (χ4v) is 3.54.